The summed E-state index contributed by atoms with van der Waals surface area (Å²) in [6.45, 7) is 27.2. The second kappa shape index (κ2) is 9.10. The van der Waals surface area contributed by atoms with E-state index in [4.69, 9.17) is 0 Å². The summed E-state index contributed by atoms with van der Waals surface area (Å²) < 4.78 is 11.2. The summed E-state index contributed by atoms with van der Waals surface area (Å²) in [6.07, 6.45) is 0. The topological polar surface area (TPSA) is 28.0 Å². The van der Waals surface area contributed by atoms with Crippen molar-refractivity contribution in [3.63, 3.8) is 0 Å². The van der Waals surface area contributed by atoms with Crippen LogP contribution in [0.4, 0.5) is 0 Å². The highest BCUT2D eigenvalue weighted by molar-refractivity contribution is 6.76. The Bertz CT molecular complexity index is 294. The fraction of sp³-hybridized carbons (Fsp3) is 0.929. The molecular formula is C14H37N3Si3. The van der Waals surface area contributed by atoms with Crippen LogP contribution in [0, 0.1) is 0 Å². The van der Waals surface area contributed by atoms with Crippen molar-refractivity contribution in [1.29, 1.82) is 0 Å². The third kappa shape index (κ3) is 16.0. The van der Waals surface area contributed by atoms with Crippen LogP contribution in [0.15, 0.2) is 9.32 Å². The molecule has 0 aliphatic heterocycles. The van der Waals surface area contributed by atoms with E-state index in [0.29, 0.717) is 0 Å². The van der Waals surface area contributed by atoms with Gasteiger partial charge in [0.25, 0.3) is 0 Å². The molecular weight excluding hydrogens is 294 g/mol. The molecule has 0 atom stereocenters. The Morgan fingerprint density at radius 2 is 1.00 bits per heavy atom. The minimum absolute atomic E-state index is 0.953. The highest BCUT2D eigenvalue weighted by Gasteiger charge is 2.19. The van der Waals surface area contributed by atoms with Crippen molar-refractivity contribution in [3.8, 4) is 0 Å². The van der Waals surface area contributed by atoms with Crippen LogP contribution >= 0.6 is 0 Å². The van der Waals surface area contributed by atoms with E-state index < -0.39 is 24.7 Å². The fourth-order valence-electron chi connectivity index (χ4n) is 1.50. The highest BCUT2D eigenvalue weighted by atomic mass is 28.3. The van der Waals surface area contributed by atoms with Gasteiger partial charge in [-0.25, -0.2) is 0 Å². The van der Waals surface area contributed by atoms with E-state index in [0.717, 1.165) is 0 Å². The Balaban J connectivity index is 0. The Labute approximate surface area is 130 Å². The van der Waals surface area contributed by atoms with E-state index in [1.807, 2.05) is 0 Å². The van der Waals surface area contributed by atoms with Crippen molar-refractivity contribution in [2.24, 2.45) is 9.32 Å². The quantitative estimate of drug-likeness (QED) is 0.515. The number of nitrogens with zero attached hydrogens (tertiary/aromatic N) is 3. The molecule has 0 heterocycles. The molecule has 6 heteroatoms. The van der Waals surface area contributed by atoms with Crippen LogP contribution in [0.2, 0.25) is 58.9 Å². The molecule has 120 valence electrons. The second-order valence-electron chi connectivity index (χ2n) is 8.01. The van der Waals surface area contributed by atoms with Crippen molar-refractivity contribution in [2.75, 3.05) is 13.1 Å². The maximum absolute atomic E-state index is 4.30. The molecule has 0 aromatic heterocycles. The van der Waals surface area contributed by atoms with Gasteiger partial charge in [-0.3, -0.25) is 9.32 Å². The molecule has 0 saturated carbocycles. The third-order valence-electron chi connectivity index (χ3n) is 2.48. The van der Waals surface area contributed by atoms with E-state index in [1.165, 1.54) is 13.1 Å². The number of hydrogen-bond acceptors (Lipinski definition) is 3. The summed E-state index contributed by atoms with van der Waals surface area (Å²) in [6, 6.07) is 2.84. The van der Waals surface area contributed by atoms with Gasteiger partial charge < -0.3 is 4.57 Å². The lowest BCUT2D eigenvalue weighted by Crippen LogP contribution is -2.45. The molecule has 0 spiro atoms. The van der Waals surface area contributed by atoms with Crippen molar-refractivity contribution < 1.29 is 0 Å². The molecule has 0 unspecified atom stereocenters. The van der Waals surface area contributed by atoms with Crippen molar-refractivity contribution >= 4 is 30.7 Å². The molecule has 0 aromatic rings. The molecule has 20 heavy (non-hydrogen) atoms. The van der Waals surface area contributed by atoms with E-state index in [-0.39, 0.29) is 0 Å². The Morgan fingerprint density at radius 3 is 1.10 bits per heavy atom. The van der Waals surface area contributed by atoms with Gasteiger partial charge in [0.1, 0.15) is 8.24 Å². The maximum Gasteiger partial charge on any atom is 0.186 e. The zero-order valence-corrected chi connectivity index (χ0v) is 18.8. The predicted molar refractivity (Wildman–Crippen MR) is 103 cm³/mol. The molecule has 0 N–H and O–H groups in total. The minimum Gasteiger partial charge on any atom is -0.324 e. The van der Waals surface area contributed by atoms with Gasteiger partial charge in [-0.1, -0.05) is 33.5 Å². The van der Waals surface area contributed by atoms with Crippen LogP contribution in [0.3, 0.4) is 0 Å². The lowest BCUT2D eigenvalue weighted by Gasteiger charge is -2.31. The van der Waals surface area contributed by atoms with Gasteiger partial charge in [-0.05, 0) is 52.4 Å². The fourth-order valence-corrected chi connectivity index (χ4v) is 4.19. The molecule has 0 aromatic carbocycles. The predicted octanol–water partition coefficient (Wildman–Crippen LogP) is 4.99. The average Bonchev–Trinajstić information content (AvgIpc) is 2.13. The second-order valence-corrected chi connectivity index (χ2v) is 22.1. The first-order valence-corrected chi connectivity index (χ1v) is 18.0. The summed E-state index contributed by atoms with van der Waals surface area (Å²) in [5.74, 6) is 0. The molecule has 0 aliphatic carbocycles. The van der Waals surface area contributed by atoms with Crippen molar-refractivity contribution in [3.05, 3.63) is 0 Å². The van der Waals surface area contributed by atoms with Crippen LogP contribution < -0.4 is 0 Å². The maximum atomic E-state index is 4.30. The van der Waals surface area contributed by atoms with Crippen LogP contribution in [-0.2, 0) is 0 Å². The third-order valence-corrected chi connectivity index (χ3v) is 6.55. The molecule has 0 radical (unpaired) electrons. The number of rotatable bonds is 5. The molecule has 3 nitrogen and oxygen atoms in total. The van der Waals surface area contributed by atoms with Crippen LogP contribution in [0.25, 0.3) is 0 Å². The highest BCUT2D eigenvalue weighted by Crippen LogP contribution is 2.07. The molecule has 0 rings (SSSR count). The number of hydrogen-bond donors (Lipinski definition) is 0. The minimum atomic E-state index is -1.31. The normalized spacial score (nSPS) is 12.4. The average molecular weight is 332 g/mol. The SMILES string of the molecule is CCN(CC)[Si](C)(C)C.C[Si](C)(C)N=C=N[Si](C)(C)C. The van der Waals surface area contributed by atoms with Gasteiger partial charge in [-0.2, -0.15) is 0 Å². The van der Waals surface area contributed by atoms with Crippen LogP contribution in [-0.4, -0.2) is 48.4 Å². The smallest absolute Gasteiger partial charge is 0.186 e. The van der Waals surface area contributed by atoms with E-state index in [9.17, 15) is 0 Å². The first-order valence-electron chi connectivity index (χ1n) is 7.66. The Morgan fingerprint density at radius 1 is 0.700 bits per heavy atom. The first-order chi connectivity index (χ1) is 8.73. The summed E-state index contributed by atoms with van der Waals surface area (Å²) in [7, 11) is -3.58. The zero-order valence-electron chi connectivity index (χ0n) is 15.8. The summed E-state index contributed by atoms with van der Waals surface area (Å²) in [5, 5.41) is 0. The van der Waals surface area contributed by atoms with E-state index in [1.54, 1.807) is 0 Å². The van der Waals surface area contributed by atoms with Gasteiger partial charge >= 0.3 is 0 Å². The molecule has 0 bridgehead atoms. The van der Waals surface area contributed by atoms with E-state index >= 15 is 0 Å². The van der Waals surface area contributed by atoms with Gasteiger partial charge in [0.2, 0.25) is 0 Å². The Hall–Kier alpha value is -0.00935. The van der Waals surface area contributed by atoms with Gasteiger partial charge in [0, 0.05) is 0 Å². The lowest BCUT2D eigenvalue weighted by atomic mass is 10.7. The molecule has 0 saturated heterocycles. The largest absolute Gasteiger partial charge is 0.324 e. The lowest BCUT2D eigenvalue weighted by molar-refractivity contribution is 0.470. The standard InChI is InChI=1S/C7H18N2Si2.C7H19NSi/c1-10(2,3)8-7-9-11(4,5)6;1-6-8(7-2)9(3,4)5/h1-6H3;6-7H2,1-5H3. The van der Waals surface area contributed by atoms with Crippen LogP contribution in [0.5, 0.6) is 0 Å². The summed E-state index contributed by atoms with van der Waals surface area (Å²) in [5.41, 5.74) is 0. The monoisotopic (exact) mass is 331 g/mol. The molecule has 0 amide bonds. The Kier molecular flexibility index (Phi) is 10.1. The van der Waals surface area contributed by atoms with Crippen LogP contribution in [0.1, 0.15) is 13.8 Å². The van der Waals surface area contributed by atoms with Gasteiger partial charge in [0.05, 0.1) is 6.01 Å². The van der Waals surface area contributed by atoms with E-state index in [2.05, 4.69) is 92.7 Å². The molecule has 0 fully saturated rings. The van der Waals surface area contributed by atoms with Crippen molar-refractivity contribution in [1.82, 2.24) is 4.57 Å². The van der Waals surface area contributed by atoms with Gasteiger partial charge in [-0.15, -0.1) is 0 Å². The summed E-state index contributed by atoms with van der Waals surface area (Å²) >= 11 is 0. The summed E-state index contributed by atoms with van der Waals surface area (Å²) in [4.78, 5) is 0. The first kappa shape index (κ1) is 22.3. The van der Waals surface area contributed by atoms with Gasteiger partial charge in [0.15, 0.2) is 16.5 Å². The zero-order chi connectivity index (χ0) is 16.6. The molecule has 0 aliphatic rings. The van der Waals surface area contributed by atoms with Crippen molar-refractivity contribution in [2.45, 2.75) is 72.8 Å².